The minimum Gasteiger partial charge on any atom is -0.367 e. The second-order valence-corrected chi connectivity index (χ2v) is 6.70. The summed E-state index contributed by atoms with van der Waals surface area (Å²) in [5.41, 5.74) is -0.249. The van der Waals surface area contributed by atoms with Gasteiger partial charge in [-0.15, -0.1) is 0 Å². The molecule has 2 aromatic rings. The normalized spacial score (nSPS) is 20.6. The van der Waals surface area contributed by atoms with Gasteiger partial charge in [0.1, 0.15) is 17.7 Å². The third-order valence-corrected chi connectivity index (χ3v) is 4.23. The van der Waals surface area contributed by atoms with Gasteiger partial charge in [0, 0.05) is 26.7 Å². The average Bonchev–Trinajstić information content (AvgIpc) is 2.60. The minimum atomic E-state index is -4.57. The fourth-order valence-electron chi connectivity index (χ4n) is 2.91. The molecule has 5 nitrogen and oxygen atoms in total. The van der Waals surface area contributed by atoms with Crippen molar-refractivity contribution in [3.8, 4) is 0 Å². The Morgan fingerprint density at radius 3 is 2.37 bits per heavy atom. The monoisotopic (exact) mass is 384 g/mol. The predicted molar refractivity (Wildman–Crippen MR) is 93.3 cm³/mol. The summed E-state index contributed by atoms with van der Waals surface area (Å²) in [6, 6.07) is 6.79. The van der Waals surface area contributed by atoms with Crippen molar-refractivity contribution in [3.05, 3.63) is 47.4 Å². The van der Waals surface area contributed by atoms with Crippen molar-refractivity contribution in [1.82, 2.24) is 9.97 Å². The molecule has 1 aromatic carbocycles. The van der Waals surface area contributed by atoms with Crippen LogP contribution >= 0.6 is 0 Å². The van der Waals surface area contributed by atoms with Crippen LogP contribution in [-0.4, -0.2) is 43.3 Å². The van der Waals surface area contributed by atoms with Gasteiger partial charge in [-0.2, -0.15) is 18.2 Å². The Morgan fingerprint density at radius 2 is 1.78 bits per heavy atom. The van der Waals surface area contributed by atoms with E-state index in [4.69, 9.17) is 4.74 Å². The molecule has 0 N–H and O–H groups in total. The molecule has 146 valence electrons. The first-order valence-corrected chi connectivity index (χ1v) is 8.43. The van der Waals surface area contributed by atoms with Gasteiger partial charge in [-0.25, -0.2) is 9.37 Å². The van der Waals surface area contributed by atoms with E-state index in [2.05, 4.69) is 9.97 Å². The van der Waals surface area contributed by atoms with Crippen molar-refractivity contribution >= 4 is 11.8 Å². The van der Waals surface area contributed by atoms with Crippen LogP contribution in [0.2, 0.25) is 0 Å². The quantitative estimate of drug-likeness (QED) is 0.756. The number of anilines is 2. The largest absolute Gasteiger partial charge is 0.433 e. The van der Waals surface area contributed by atoms with Crippen LogP contribution in [0.25, 0.3) is 0 Å². The van der Waals surface area contributed by atoms with Crippen molar-refractivity contribution in [2.75, 3.05) is 37.0 Å². The van der Waals surface area contributed by atoms with Crippen LogP contribution in [0.3, 0.4) is 0 Å². The van der Waals surface area contributed by atoms with E-state index in [1.807, 2.05) is 6.92 Å². The van der Waals surface area contributed by atoms with Crippen molar-refractivity contribution in [2.45, 2.75) is 25.3 Å². The van der Waals surface area contributed by atoms with E-state index >= 15 is 0 Å². The van der Waals surface area contributed by atoms with Gasteiger partial charge >= 0.3 is 6.18 Å². The topological polar surface area (TPSA) is 41.5 Å². The van der Waals surface area contributed by atoms with Crippen LogP contribution in [0, 0.1) is 5.82 Å². The van der Waals surface area contributed by atoms with Gasteiger partial charge in [0.05, 0.1) is 12.6 Å². The third kappa shape index (κ3) is 4.47. The molecule has 0 amide bonds. The van der Waals surface area contributed by atoms with Crippen molar-refractivity contribution in [1.29, 1.82) is 0 Å². The summed E-state index contributed by atoms with van der Waals surface area (Å²) in [6.45, 7) is 2.44. The standard InChI is InChI=1S/C18H20F4N4O/c1-11-9-26(10-14(27-11)12-4-6-13(19)7-5-12)17-23-15(18(20,21)22)8-16(24-17)25(2)3/h4-8,11,14H,9-10H2,1-3H3. The van der Waals surface area contributed by atoms with Crippen molar-refractivity contribution in [3.63, 3.8) is 0 Å². The van der Waals surface area contributed by atoms with Gasteiger partial charge in [0.15, 0.2) is 5.69 Å². The van der Waals surface area contributed by atoms with E-state index in [1.54, 1.807) is 31.1 Å². The zero-order chi connectivity index (χ0) is 19.8. The highest BCUT2D eigenvalue weighted by atomic mass is 19.4. The van der Waals surface area contributed by atoms with E-state index in [1.165, 1.54) is 17.0 Å². The van der Waals surface area contributed by atoms with Crippen LogP contribution in [0.1, 0.15) is 24.3 Å². The molecule has 0 aliphatic carbocycles. The summed E-state index contributed by atoms with van der Waals surface area (Å²) in [5, 5.41) is 0. The lowest BCUT2D eigenvalue weighted by Gasteiger charge is -2.37. The Kier molecular flexibility index (Phi) is 5.23. The molecule has 0 radical (unpaired) electrons. The zero-order valence-corrected chi connectivity index (χ0v) is 15.2. The molecule has 1 aromatic heterocycles. The maximum atomic E-state index is 13.2. The van der Waals surface area contributed by atoms with Crippen LogP contribution < -0.4 is 9.80 Å². The van der Waals surface area contributed by atoms with Gasteiger partial charge in [-0.05, 0) is 24.6 Å². The van der Waals surface area contributed by atoms with E-state index in [9.17, 15) is 17.6 Å². The van der Waals surface area contributed by atoms with Gasteiger partial charge in [0.25, 0.3) is 0 Å². The molecule has 1 aliphatic rings. The molecular weight excluding hydrogens is 364 g/mol. The number of hydrogen-bond donors (Lipinski definition) is 0. The average molecular weight is 384 g/mol. The number of halogens is 4. The smallest absolute Gasteiger partial charge is 0.367 e. The first-order valence-electron chi connectivity index (χ1n) is 8.43. The Labute approximate surface area is 154 Å². The summed E-state index contributed by atoms with van der Waals surface area (Å²) in [5.74, 6) is -0.197. The molecule has 2 unspecified atom stereocenters. The number of rotatable bonds is 3. The Balaban J connectivity index is 1.94. The predicted octanol–water partition coefficient (Wildman–Crippen LogP) is 3.67. The van der Waals surface area contributed by atoms with E-state index in [-0.39, 0.29) is 30.2 Å². The Hall–Kier alpha value is -2.42. The summed E-state index contributed by atoms with van der Waals surface area (Å²) in [6.07, 6.45) is -5.25. The molecule has 2 atom stereocenters. The molecule has 0 bridgehead atoms. The Bertz CT molecular complexity index is 795. The zero-order valence-electron chi connectivity index (χ0n) is 15.2. The maximum Gasteiger partial charge on any atom is 0.433 e. The summed E-state index contributed by atoms with van der Waals surface area (Å²) in [4.78, 5) is 11.2. The van der Waals surface area contributed by atoms with Gasteiger partial charge in [-0.3, -0.25) is 0 Å². The lowest BCUT2D eigenvalue weighted by molar-refractivity contribution is -0.141. The second-order valence-electron chi connectivity index (χ2n) is 6.70. The van der Waals surface area contributed by atoms with Crippen LogP contribution in [0.4, 0.5) is 29.3 Å². The number of ether oxygens (including phenoxy) is 1. The fourth-order valence-corrected chi connectivity index (χ4v) is 2.91. The van der Waals surface area contributed by atoms with Crippen molar-refractivity contribution < 1.29 is 22.3 Å². The molecule has 1 saturated heterocycles. The number of hydrogen-bond acceptors (Lipinski definition) is 5. The highest BCUT2D eigenvalue weighted by Gasteiger charge is 2.35. The van der Waals surface area contributed by atoms with E-state index in [0.29, 0.717) is 6.54 Å². The first kappa shape index (κ1) is 19.3. The molecule has 0 spiro atoms. The lowest BCUT2D eigenvalue weighted by atomic mass is 10.1. The number of nitrogens with zero attached hydrogens (tertiary/aromatic N) is 4. The minimum absolute atomic E-state index is 0.00390. The second kappa shape index (κ2) is 7.30. The molecule has 3 rings (SSSR count). The van der Waals surface area contributed by atoms with E-state index in [0.717, 1.165) is 11.6 Å². The van der Waals surface area contributed by atoms with Gasteiger partial charge in [-0.1, -0.05) is 12.1 Å². The highest BCUT2D eigenvalue weighted by Crippen LogP contribution is 2.33. The SMILES string of the molecule is CC1CN(c2nc(N(C)C)cc(C(F)(F)F)n2)CC(c2ccc(F)cc2)O1. The molecule has 1 fully saturated rings. The van der Waals surface area contributed by atoms with Crippen LogP contribution in [0.5, 0.6) is 0 Å². The number of alkyl halides is 3. The molecular formula is C18H20F4N4O. The lowest BCUT2D eigenvalue weighted by Crippen LogP contribution is -2.44. The summed E-state index contributed by atoms with van der Waals surface area (Å²) >= 11 is 0. The fraction of sp³-hybridized carbons (Fsp3) is 0.444. The molecule has 9 heteroatoms. The maximum absolute atomic E-state index is 13.2. The molecule has 0 saturated carbocycles. The summed E-state index contributed by atoms with van der Waals surface area (Å²) < 4.78 is 58.8. The van der Waals surface area contributed by atoms with Crippen LogP contribution in [0.15, 0.2) is 30.3 Å². The molecule has 27 heavy (non-hydrogen) atoms. The molecule has 1 aliphatic heterocycles. The number of morpholine rings is 1. The Morgan fingerprint density at radius 1 is 1.11 bits per heavy atom. The highest BCUT2D eigenvalue weighted by molar-refractivity contribution is 5.46. The third-order valence-electron chi connectivity index (χ3n) is 4.23. The van der Waals surface area contributed by atoms with Crippen molar-refractivity contribution in [2.24, 2.45) is 0 Å². The van der Waals surface area contributed by atoms with Gasteiger partial charge < -0.3 is 14.5 Å². The van der Waals surface area contributed by atoms with E-state index < -0.39 is 18.0 Å². The molecule has 2 heterocycles. The first-order chi connectivity index (χ1) is 12.6. The van der Waals surface area contributed by atoms with Crippen LogP contribution in [-0.2, 0) is 10.9 Å². The summed E-state index contributed by atoms with van der Waals surface area (Å²) in [7, 11) is 3.24. The van der Waals surface area contributed by atoms with Gasteiger partial charge in [0.2, 0.25) is 5.95 Å². The number of benzene rings is 1. The number of aromatic nitrogens is 2.